The number of aryl methyl sites for hydroxylation is 1. The standard InChI is InChI=1S/C22H32N4O2/c1-14-12-17(28-25-14)16-13-23-19(21(2,3)4)24-18(16)15-8-10-26(11-9-15)20(27)22(5,6)7/h12-13,15H,8-11H2,1-7H3. The second-order valence-electron chi connectivity index (χ2n) is 9.89. The molecule has 0 aromatic carbocycles. The highest BCUT2D eigenvalue weighted by Crippen LogP contribution is 2.36. The third-order valence-corrected chi connectivity index (χ3v) is 5.19. The van der Waals surface area contributed by atoms with E-state index in [1.54, 1.807) is 0 Å². The fraction of sp³-hybridized carbons (Fsp3) is 0.636. The molecule has 6 heteroatoms. The summed E-state index contributed by atoms with van der Waals surface area (Å²) in [5.74, 6) is 2.03. The molecule has 6 nitrogen and oxygen atoms in total. The summed E-state index contributed by atoms with van der Waals surface area (Å²) >= 11 is 0. The van der Waals surface area contributed by atoms with Crippen LogP contribution in [0.15, 0.2) is 16.8 Å². The lowest BCUT2D eigenvalue weighted by Crippen LogP contribution is -2.43. The van der Waals surface area contributed by atoms with E-state index in [9.17, 15) is 4.79 Å². The predicted molar refractivity (Wildman–Crippen MR) is 109 cm³/mol. The molecule has 0 atom stereocenters. The number of rotatable bonds is 2. The van der Waals surface area contributed by atoms with Gasteiger partial charge in [0.05, 0.1) is 17.0 Å². The average molecular weight is 385 g/mol. The van der Waals surface area contributed by atoms with Gasteiger partial charge in [0.1, 0.15) is 5.82 Å². The van der Waals surface area contributed by atoms with Crippen LogP contribution in [0.25, 0.3) is 11.3 Å². The molecule has 1 amide bonds. The summed E-state index contributed by atoms with van der Waals surface area (Å²) in [6.07, 6.45) is 3.65. The molecule has 0 aliphatic carbocycles. The fourth-order valence-electron chi connectivity index (χ4n) is 3.58. The molecule has 0 N–H and O–H groups in total. The molecule has 2 aromatic heterocycles. The first-order chi connectivity index (χ1) is 13.0. The van der Waals surface area contributed by atoms with E-state index in [4.69, 9.17) is 9.51 Å². The van der Waals surface area contributed by atoms with Crippen molar-refractivity contribution in [2.45, 2.75) is 72.6 Å². The summed E-state index contributed by atoms with van der Waals surface area (Å²) in [5.41, 5.74) is 2.29. The average Bonchev–Trinajstić information content (AvgIpc) is 3.05. The minimum atomic E-state index is -0.344. The number of hydrogen-bond donors (Lipinski definition) is 0. The molecule has 1 aliphatic rings. The third-order valence-electron chi connectivity index (χ3n) is 5.19. The molecule has 0 radical (unpaired) electrons. The van der Waals surface area contributed by atoms with Crippen molar-refractivity contribution in [3.8, 4) is 11.3 Å². The van der Waals surface area contributed by atoms with Crippen molar-refractivity contribution in [3.63, 3.8) is 0 Å². The molecule has 2 aromatic rings. The monoisotopic (exact) mass is 384 g/mol. The number of likely N-dealkylation sites (tertiary alicyclic amines) is 1. The van der Waals surface area contributed by atoms with Gasteiger partial charge in [-0.3, -0.25) is 4.79 Å². The van der Waals surface area contributed by atoms with E-state index in [2.05, 4.69) is 30.9 Å². The lowest BCUT2D eigenvalue weighted by atomic mass is 9.87. The van der Waals surface area contributed by atoms with Crippen molar-refractivity contribution in [2.24, 2.45) is 5.41 Å². The molecule has 1 saturated heterocycles. The molecule has 28 heavy (non-hydrogen) atoms. The van der Waals surface area contributed by atoms with E-state index in [1.165, 1.54) is 0 Å². The summed E-state index contributed by atoms with van der Waals surface area (Å²) in [7, 11) is 0. The highest BCUT2D eigenvalue weighted by atomic mass is 16.5. The molecule has 0 saturated carbocycles. The van der Waals surface area contributed by atoms with Gasteiger partial charge in [0, 0.05) is 42.1 Å². The van der Waals surface area contributed by atoms with Crippen LogP contribution >= 0.6 is 0 Å². The molecule has 3 rings (SSSR count). The molecule has 152 valence electrons. The zero-order chi connectivity index (χ0) is 20.7. The lowest BCUT2D eigenvalue weighted by molar-refractivity contribution is -0.140. The normalized spacial score (nSPS) is 16.5. The van der Waals surface area contributed by atoms with Crippen LogP contribution in [-0.2, 0) is 10.2 Å². The Morgan fingerprint density at radius 1 is 1.14 bits per heavy atom. The highest BCUT2D eigenvalue weighted by molar-refractivity contribution is 5.81. The first kappa shape index (κ1) is 20.5. The Morgan fingerprint density at radius 2 is 1.79 bits per heavy atom. The van der Waals surface area contributed by atoms with Crippen molar-refractivity contribution in [3.05, 3.63) is 29.5 Å². The second kappa shape index (κ2) is 7.30. The number of amides is 1. The number of carbonyl (C=O) groups excluding carboxylic acids is 1. The molecule has 0 unspecified atom stereocenters. The maximum Gasteiger partial charge on any atom is 0.227 e. The largest absolute Gasteiger partial charge is 0.356 e. The van der Waals surface area contributed by atoms with Crippen molar-refractivity contribution < 1.29 is 9.32 Å². The molecule has 0 bridgehead atoms. The molecule has 3 heterocycles. The van der Waals surface area contributed by atoms with Crippen molar-refractivity contribution in [1.29, 1.82) is 0 Å². The Kier molecular flexibility index (Phi) is 5.34. The number of hydrogen-bond acceptors (Lipinski definition) is 5. The smallest absolute Gasteiger partial charge is 0.227 e. The van der Waals surface area contributed by atoms with Gasteiger partial charge >= 0.3 is 0 Å². The first-order valence-electron chi connectivity index (χ1n) is 10.1. The van der Waals surface area contributed by atoms with Gasteiger partial charge in [0.2, 0.25) is 5.91 Å². The van der Waals surface area contributed by atoms with Crippen LogP contribution in [0, 0.1) is 12.3 Å². The third kappa shape index (κ3) is 4.26. The summed E-state index contributed by atoms with van der Waals surface area (Å²) in [5, 5.41) is 4.03. The fourth-order valence-corrected chi connectivity index (χ4v) is 3.58. The van der Waals surface area contributed by atoms with Gasteiger partial charge in [-0.15, -0.1) is 0 Å². The zero-order valence-corrected chi connectivity index (χ0v) is 18.2. The van der Waals surface area contributed by atoms with E-state index in [1.807, 2.05) is 44.9 Å². The van der Waals surface area contributed by atoms with Gasteiger partial charge in [-0.1, -0.05) is 46.7 Å². The second-order valence-corrected chi connectivity index (χ2v) is 9.89. The number of nitrogens with zero attached hydrogens (tertiary/aromatic N) is 4. The number of carbonyl (C=O) groups is 1. The van der Waals surface area contributed by atoms with Gasteiger partial charge in [0.15, 0.2) is 5.76 Å². The lowest BCUT2D eigenvalue weighted by Gasteiger charge is -2.36. The van der Waals surface area contributed by atoms with E-state index in [0.29, 0.717) is 5.76 Å². The molecule has 0 spiro atoms. The minimum absolute atomic E-state index is 0.131. The maximum atomic E-state index is 12.6. The van der Waals surface area contributed by atoms with Crippen molar-refractivity contribution >= 4 is 5.91 Å². The van der Waals surface area contributed by atoms with E-state index in [-0.39, 0.29) is 22.7 Å². The molecule has 1 aliphatic heterocycles. The first-order valence-corrected chi connectivity index (χ1v) is 10.1. The highest BCUT2D eigenvalue weighted by Gasteiger charge is 2.33. The van der Waals surface area contributed by atoms with Crippen LogP contribution in [0.4, 0.5) is 0 Å². The predicted octanol–water partition coefficient (Wildman–Crippen LogP) is 4.49. The van der Waals surface area contributed by atoms with E-state index in [0.717, 1.165) is 48.7 Å². The van der Waals surface area contributed by atoms with Crippen LogP contribution in [0.2, 0.25) is 0 Å². The van der Waals surface area contributed by atoms with Crippen LogP contribution in [0.3, 0.4) is 0 Å². The quantitative estimate of drug-likeness (QED) is 0.763. The molecular formula is C22H32N4O2. The Bertz CT molecular complexity index is 850. The van der Waals surface area contributed by atoms with Crippen LogP contribution in [0.5, 0.6) is 0 Å². The zero-order valence-electron chi connectivity index (χ0n) is 18.2. The topological polar surface area (TPSA) is 72.1 Å². The van der Waals surface area contributed by atoms with Crippen molar-refractivity contribution in [1.82, 2.24) is 20.0 Å². The van der Waals surface area contributed by atoms with Crippen molar-refractivity contribution in [2.75, 3.05) is 13.1 Å². The Morgan fingerprint density at radius 3 is 2.29 bits per heavy atom. The van der Waals surface area contributed by atoms with Crippen LogP contribution in [0.1, 0.15) is 77.5 Å². The van der Waals surface area contributed by atoms with Crippen LogP contribution in [-0.4, -0.2) is 39.0 Å². The van der Waals surface area contributed by atoms with E-state index >= 15 is 0 Å². The molecular weight excluding hydrogens is 352 g/mol. The van der Waals surface area contributed by atoms with E-state index < -0.39 is 0 Å². The molecule has 1 fully saturated rings. The Balaban J connectivity index is 1.91. The SMILES string of the molecule is Cc1cc(-c2cnc(C(C)(C)C)nc2C2CCN(C(=O)C(C)(C)C)CC2)on1. The Labute approximate surface area is 167 Å². The minimum Gasteiger partial charge on any atom is -0.356 e. The number of aromatic nitrogens is 3. The van der Waals surface area contributed by atoms with Gasteiger partial charge in [-0.2, -0.15) is 0 Å². The summed E-state index contributed by atoms with van der Waals surface area (Å²) in [4.78, 5) is 24.2. The summed E-state index contributed by atoms with van der Waals surface area (Å²) < 4.78 is 5.52. The van der Waals surface area contributed by atoms with Crippen LogP contribution < -0.4 is 0 Å². The Hall–Kier alpha value is -2.24. The maximum absolute atomic E-state index is 12.6. The number of piperidine rings is 1. The summed E-state index contributed by atoms with van der Waals surface area (Å²) in [6, 6.07) is 1.93. The van der Waals surface area contributed by atoms with Gasteiger partial charge in [0.25, 0.3) is 0 Å². The van der Waals surface area contributed by atoms with Gasteiger partial charge < -0.3 is 9.42 Å². The van der Waals surface area contributed by atoms with Gasteiger partial charge in [-0.25, -0.2) is 9.97 Å². The van der Waals surface area contributed by atoms with Gasteiger partial charge in [-0.05, 0) is 19.8 Å². The summed E-state index contributed by atoms with van der Waals surface area (Å²) in [6.45, 7) is 15.7.